The van der Waals surface area contributed by atoms with Gasteiger partial charge in [0.25, 0.3) is 5.91 Å². The molecule has 0 radical (unpaired) electrons. The van der Waals surface area contributed by atoms with Gasteiger partial charge in [-0.3, -0.25) is 4.79 Å². The van der Waals surface area contributed by atoms with Crippen molar-refractivity contribution in [3.63, 3.8) is 0 Å². The fourth-order valence-corrected chi connectivity index (χ4v) is 3.69. The van der Waals surface area contributed by atoms with E-state index in [1.165, 1.54) is 29.8 Å². The quantitative estimate of drug-likeness (QED) is 0.856. The van der Waals surface area contributed by atoms with Crippen molar-refractivity contribution in [2.45, 2.75) is 44.6 Å². The van der Waals surface area contributed by atoms with Crippen LogP contribution in [0.25, 0.3) is 0 Å². The van der Waals surface area contributed by atoms with Gasteiger partial charge in [0.15, 0.2) is 0 Å². The molecule has 25 heavy (non-hydrogen) atoms. The van der Waals surface area contributed by atoms with E-state index in [9.17, 15) is 13.2 Å². The Labute approximate surface area is 149 Å². The van der Waals surface area contributed by atoms with Gasteiger partial charge in [0.05, 0.1) is 4.90 Å². The Morgan fingerprint density at radius 3 is 2.00 bits per heavy atom. The van der Waals surface area contributed by atoms with Crippen LogP contribution in [0.2, 0.25) is 0 Å². The zero-order chi connectivity index (χ0) is 18.7. The molecule has 0 saturated heterocycles. The maximum absolute atomic E-state index is 12.3. The molecule has 2 N–H and O–H groups in total. The number of hydrogen-bond donors (Lipinski definition) is 2. The molecule has 0 bridgehead atoms. The van der Waals surface area contributed by atoms with Crippen LogP contribution in [0.4, 0.5) is 5.69 Å². The molecule has 1 amide bonds. The van der Waals surface area contributed by atoms with Crippen LogP contribution in [0.3, 0.4) is 0 Å². The number of amides is 1. The zero-order valence-electron chi connectivity index (χ0n) is 15.0. The minimum absolute atomic E-state index is 0.131. The predicted octanol–water partition coefficient (Wildman–Crippen LogP) is 3.58. The van der Waals surface area contributed by atoms with Gasteiger partial charge in [0.2, 0.25) is 10.0 Å². The fraction of sp³-hybridized carbons (Fsp3) is 0.316. The third kappa shape index (κ3) is 5.41. The lowest BCUT2D eigenvalue weighted by molar-refractivity contribution is 0.102. The van der Waals surface area contributed by atoms with Crippen LogP contribution >= 0.6 is 0 Å². The van der Waals surface area contributed by atoms with Crippen LogP contribution in [0.15, 0.2) is 53.4 Å². The van der Waals surface area contributed by atoms with E-state index in [1.807, 2.05) is 24.3 Å². The number of anilines is 1. The highest BCUT2D eigenvalue weighted by molar-refractivity contribution is 7.89. The SMILES string of the molecule is CCc1ccc(NC(=O)c2ccc(S(=O)(=O)NC(C)(C)C)cc2)cc1. The second-order valence-corrected chi connectivity index (χ2v) is 8.57. The lowest BCUT2D eigenvalue weighted by Gasteiger charge is -2.20. The Hall–Kier alpha value is -2.18. The smallest absolute Gasteiger partial charge is 0.255 e. The second kappa shape index (κ2) is 7.37. The molecule has 0 unspecified atom stereocenters. The van der Waals surface area contributed by atoms with Gasteiger partial charge < -0.3 is 5.32 Å². The largest absolute Gasteiger partial charge is 0.322 e. The van der Waals surface area contributed by atoms with Crippen LogP contribution < -0.4 is 10.0 Å². The molecule has 0 aliphatic carbocycles. The van der Waals surface area contributed by atoms with Crippen molar-refractivity contribution in [2.75, 3.05) is 5.32 Å². The molecule has 0 heterocycles. The lowest BCUT2D eigenvalue weighted by atomic mass is 10.1. The number of rotatable bonds is 5. The van der Waals surface area contributed by atoms with E-state index in [1.54, 1.807) is 20.8 Å². The summed E-state index contributed by atoms with van der Waals surface area (Å²) in [4.78, 5) is 12.4. The molecule has 0 saturated carbocycles. The van der Waals surface area contributed by atoms with Crippen LogP contribution in [0.5, 0.6) is 0 Å². The van der Waals surface area contributed by atoms with Crippen molar-refractivity contribution in [1.29, 1.82) is 0 Å². The van der Waals surface area contributed by atoms with Crippen LogP contribution in [0.1, 0.15) is 43.6 Å². The van der Waals surface area contributed by atoms with E-state index in [4.69, 9.17) is 0 Å². The normalized spacial score (nSPS) is 12.0. The van der Waals surface area contributed by atoms with E-state index in [0.29, 0.717) is 11.3 Å². The average molecular weight is 360 g/mol. The third-order valence-corrected chi connectivity index (χ3v) is 5.26. The molecule has 6 heteroatoms. The molecule has 134 valence electrons. The second-order valence-electron chi connectivity index (χ2n) is 6.88. The predicted molar refractivity (Wildman–Crippen MR) is 100 cm³/mol. The maximum Gasteiger partial charge on any atom is 0.255 e. The number of carbonyl (C=O) groups excluding carboxylic acids is 1. The number of sulfonamides is 1. The molecule has 0 atom stereocenters. The van der Waals surface area contributed by atoms with Crippen LogP contribution in [-0.2, 0) is 16.4 Å². The first-order chi connectivity index (χ1) is 11.6. The molecule has 2 aromatic carbocycles. The summed E-state index contributed by atoms with van der Waals surface area (Å²) in [6.45, 7) is 7.39. The van der Waals surface area contributed by atoms with E-state index < -0.39 is 15.6 Å². The Kier molecular flexibility index (Phi) is 5.65. The lowest BCUT2D eigenvalue weighted by Crippen LogP contribution is -2.40. The number of hydrogen-bond acceptors (Lipinski definition) is 3. The maximum atomic E-state index is 12.3. The van der Waals surface area contributed by atoms with Crippen molar-refractivity contribution in [1.82, 2.24) is 4.72 Å². The van der Waals surface area contributed by atoms with E-state index in [2.05, 4.69) is 17.0 Å². The molecular formula is C19H24N2O3S. The summed E-state index contributed by atoms with van der Waals surface area (Å²) in [7, 11) is -3.61. The summed E-state index contributed by atoms with van der Waals surface area (Å²) >= 11 is 0. The Morgan fingerprint density at radius 2 is 1.52 bits per heavy atom. The summed E-state index contributed by atoms with van der Waals surface area (Å²) < 4.78 is 27.1. The molecular weight excluding hydrogens is 336 g/mol. The summed E-state index contributed by atoms with van der Waals surface area (Å²) in [5.74, 6) is -0.281. The molecule has 0 fully saturated rings. The van der Waals surface area contributed by atoms with Gasteiger partial charge in [-0.05, 0) is 69.2 Å². The van der Waals surface area contributed by atoms with Gasteiger partial charge in [-0.2, -0.15) is 0 Å². The summed E-state index contributed by atoms with van der Waals surface area (Å²) in [5, 5.41) is 2.80. The minimum atomic E-state index is -3.61. The van der Waals surface area contributed by atoms with Crippen molar-refractivity contribution in [3.05, 3.63) is 59.7 Å². The summed E-state index contributed by atoms with van der Waals surface area (Å²) in [6, 6.07) is 13.5. The first-order valence-electron chi connectivity index (χ1n) is 8.15. The highest BCUT2D eigenvalue weighted by atomic mass is 32.2. The van der Waals surface area contributed by atoms with Crippen LogP contribution in [0, 0.1) is 0 Å². The number of benzene rings is 2. The molecule has 0 aromatic heterocycles. The first-order valence-corrected chi connectivity index (χ1v) is 9.63. The van der Waals surface area contributed by atoms with Crippen molar-refractivity contribution in [2.24, 2.45) is 0 Å². The zero-order valence-corrected chi connectivity index (χ0v) is 15.8. The van der Waals surface area contributed by atoms with E-state index in [-0.39, 0.29) is 10.8 Å². The number of aryl methyl sites for hydroxylation is 1. The highest BCUT2D eigenvalue weighted by Crippen LogP contribution is 2.16. The first kappa shape index (κ1) is 19.1. The average Bonchev–Trinajstić information content (AvgIpc) is 2.53. The summed E-state index contributed by atoms with van der Waals surface area (Å²) in [5.41, 5.74) is 1.72. The Morgan fingerprint density at radius 1 is 0.960 bits per heavy atom. The molecule has 5 nitrogen and oxygen atoms in total. The molecule has 0 aliphatic rings. The van der Waals surface area contributed by atoms with Crippen molar-refractivity contribution >= 4 is 21.6 Å². The molecule has 2 rings (SSSR count). The molecule has 0 aliphatic heterocycles. The van der Waals surface area contributed by atoms with Gasteiger partial charge in [0, 0.05) is 16.8 Å². The molecule has 0 spiro atoms. The van der Waals surface area contributed by atoms with Gasteiger partial charge in [-0.1, -0.05) is 19.1 Å². The van der Waals surface area contributed by atoms with Gasteiger partial charge in [0.1, 0.15) is 0 Å². The Balaban J connectivity index is 2.12. The standard InChI is InChI=1S/C19H24N2O3S/c1-5-14-6-10-16(11-7-14)20-18(22)15-8-12-17(13-9-15)25(23,24)21-19(2,3)4/h6-13,21H,5H2,1-4H3,(H,20,22). The van der Waals surface area contributed by atoms with Gasteiger partial charge in [-0.25, -0.2) is 13.1 Å². The Bertz CT molecular complexity index is 834. The van der Waals surface area contributed by atoms with E-state index >= 15 is 0 Å². The van der Waals surface area contributed by atoms with Crippen LogP contribution in [-0.4, -0.2) is 19.9 Å². The summed E-state index contributed by atoms with van der Waals surface area (Å²) in [6.07, 6.45) is 0.937. The van der Waals surface area contributed by atoms with Gasteiger partial charge >= 0.3 is 0 Å². The highest BCUT2D eigenvalue weighted by Gasteiger charge is 2.22. The van der Waals surface area contributed by atoms with Gasteiger partial charge in [-0.15, -0.1) is 0 Å². The fourth-order valence-electron chi connectivity index (χ4n) is 2.27. The number of carbonyl (C=O) groups is 1. The number of nitrogens with one attached hydrogen (secondary N) is 2. The molecule has 2 aromatic rings. The van der Waals surface area contributed by atoms with Crippen molar-refractivity contribution in [3.8, 4) is 0 Å². The minimum Gasteiger partial charge on any atom is -0.322 e. The third-order valence-electron chi connectivity index (χ3n) is 3.49. The monoisotopic (exact) mass is 360 g/mol. The topological polar surface area (TPSA) is 75.3 Å². The van der Waals surface area contributed by atoms with Crippen molar-refractivity contribution < 1.29 is 13.2 Å². The van der Waals surface area contributed by atoms with E-state index in [0.717, 1.165) is 6.42 Å².